The summed E-state index contributed by atoms with van der Waals surface area (Å²) in [5, 5.41) is 3.62. The fourth-order valence-corrected chi connectivity index (χ4v) is 2.28. The number of rotatable bonds is 2. The molecule has 2 rings (SSSR count). The number of nitrogen functional groups attached to an aromatic ring is 1. The van der Waals surface area contributed by atoms with E-state index in [0.717, 1.165) is 5.69 Å². The Balaban J connectivity index is 2.16. The summed E-state index contributed by atoms with van der Waals surface area (Å²) in [6.07, 6.45) is 5.35. The standard InChI is InChI=1S/C13H20N2/c1-9-8-13(10(2)7-12(9)14)15-11-5-3-4-6-11/h7-8,11,15H,3-6,14H2,1-2H3. The lowest BCUT2D eigenvalue weighted by atomic mass is 10.1. The third-order valence-corrected chi connectivity index (χ3v) is 3.33. The molecule has 82 valence electrons. The molecule has 15 heavy (non-hydrogen) atoms. The molecule has 0 aromatic heterocycles. The average Bonchev–Trinajstić information content (AvgIpc) is 2.67. The molecule has 0 radical (unpaired) electrons. The van der Waals surface area contributed by atoms with Gasteiger partial charge < -0.3 is 11.1 Å². The maximum atomic E-state index is 5.87. The Morgan fingerprint density at radius 2 is 1.80 bits per heavy atom. The highest BCUT2D eigenvalue weighted by molar-refractivity contribution is 5.62. The number of anilines is 2. The lowest BCUT2D eigenvalue weighted by Crippen LogP contribution is -2.15. The van der Waals surface area contributed by atoms with Gasteiger partial charge in [0.1, 0.15) is 0 Å². The summed E-state index contributed by atoms with van der Waals surface area (Å²) >= 11 is 0. The van der Waals surface area contributed by atoms with Crippen LogP contribution in [0.25, 0.3) is 0 Å². The number of hydrogen-bond acceptors (Lipinski definition) is 2. The highest BCUT2D eigenvalue weighted by atomic mass is 14.9. The van der Waals surface area contributed by atoms with Gasteiger partial charge in [0.15, 0.2) is 0 Å². The molecule has 0 aliphatic heterocycles. The molecule has 2 heteroatoms. The summed E-state index contributed by atoms with van der Waals surface area (Å²) in [4.78, 5) is 0. The lowest BCUT2D eigenvalue weighted by molar-refractivity contribution is 0.754. The van der Waals surface area contributed by atoms with Gasteiger partial charge in [0.25, 0.3) is 0 Å². The maximum absolute atomic E-state index is 5.87. The number of benzene rings is 1. The van der Waals surface area contributed by atoms with Gasteiger partial charge in [0, 0.05) is 17.4 Å². The molecule has 0 atom stereocenters. The Kier molecular flexibility index (Phi) is 2.85. The van der Waals surface area contributed by atoms with E-state index in [-0.39, 0.29) is 0 Å². The van der Waals surface area contributed by atoms with Gasteiger partial charge in [-0.15, -0.1) is 0 Å². The van der Waals surface area contributed by atoms with Crippen LogP contribution in [0.1, 0.15) is 36.8 Å². The second kappa shape index (κ2) is 4.13. The van der Waals surface area contributed by atoms with Gasteiger partial charge in [-0.25, -0.2) is 0 Å². The molecule has 0 spiro atoms. The van der Waals surface area contributed by atoms with Crippen LogP contribution in [0.4, 0.5) is 11.4 Å². The van der Waals surface area contributed by atoms with E-state index in [9.17, 15) is 0 Å². The summed E-state index contributed by atoms with van der Waals surface area (Å²) in [5.41, 5.74) is 10.4. The quantitative estimate of drug-likeness (QED) is 0.726. The van der Waals surface area contributed by atoms with Crippen LogP contribution in [-0.4, -0.2) is 6.04 Å². The third kappa shape index (κ3) is 2.25. The zero-order chi connectivity index (χ0) is 10.8. The summed E-state index contributed by atoms with van der Waals surface area (Å²) in [6, 6.07) is 4.90. The molecule has 0 bridgehead atoms. The molecule has 2 nitrogen and oxygen atoms in total. The molecule has 0 unspecified atom stereocenters. The van der Waals surface area contributed by atoms with Crippen molar-refractivity contribution in [2.24, 2.45) is 0 Å². The molecule has 0 heterocycles. The molecule has 1 saturated carbocycles. The molecule has 1 fully saturated rings. The zero-order valence-corrected chi connectivity index (χ0v) is 9.64. The Hall–Kier alpha value is -1.18. The van der Waals surface area contributed by atoms with Crippen LogP contribution < -0.4 is 11.1 Å². The van der Waals surface area contributed by atoms with Gasteiger partial charge in [0.2, 0.25) is 0 Å². The molecule has 1 aliphatic carbocycles. The topological polar surface area (TPSA) is 38.0 Å². The second-order valence-corrected chi connectivity index (χ2v) is 4.65. The SMILES string of the molecule is Cc1cc(NC2CCCC2)c(C)cc1N. The van der Waals surface area contributed by atoms with Crippen molar-refractivity contribution in [3.05, 3.63) is 23.3 Å². The monoisotopic (exact) mass is 204 g/mol. The van der Waals surface area contributed by atoms with Gasteiger partial charge in [-0.05, 0) is 49.9 Å². The molecular weight excluding hydrogens is 184 g/mol. The maximum Gasteiger partial charge on any atom is 0.0376 e. The van der Waals surface area contributed by atoms with Crippen molar-refractivity contribution in [2.45, 2.75) is 45.6 Å². The predicted molar refractivity (Wildman–Crippen MR) is 66.2 cm³/mol. The van der Waals surface area contributed by atoms with Crippen LogP contribution >= 0.6 is 0 Å². The summed E-state index contributed by atoms with van der Waals surface area (Å²) < 4.78 is 0. The van der Waals surface area contributed by atoms with Crippen molar-refractivity contribution < 1.29 is 0 Å². The molecular formula is C13H20N2. The highest BCUT2D eigenvalue weighted by Gasteiger charge is 2.15. The van der Waals surface area contributed by atoms with Crippen LogP contribution in [-0.2, 0) is 0 Å². The van der Waals surface area contributed by atoms with Crippen molar-refractivity contribution >= 4 is 11.4 Å². The van der Waals surface area contributed by atoms with Crippen LogP contribution in [0.3, 0.4) is 0 Å². The molecule has 1 aliphatic rings. The molecule has 1 aromatic carbocycles. The van der Waals surface area contributed by atoms with E-state index in [1.54, 1.807) is 0 Å². The first kappa shape index (κ1) is 10.3. The Labute approximate surface area is 91.9 Å². The minimum absolute atomic E-state index is 0.673. The first-order valence-electron chi connectivity index (χ1n) is 5.80. The molecule has 0 saturated heterocycles. The van der Waals surface area contributed by atoms with Gasteiger partial charge in [0.05, 0.1) is 0 Å². The van der Waals surface area contributed by atoms with E-state index in [1.807, 2.05) is 0 Å². The number of aryl methyl sites for hydroxylation is 2. The van der Waals surface area contributed by atoms with Crippen molar-refractivity contribution in [3.8, 4) is 0 Å². The van der Waals surface area contributed by atoms with Crippen LogP contribution in [0.2, 0.25) is 0 Å². The van der Waals surface area contributed by atoms with Crippen LogP contribution in [0, 0.1) is 13.8 Å². The van der Waals surface area contributed by atoms with Crippen molar-refractivity contribution in [2.75, 3.05) is 11.1 Å². The summed E-state index contributed by atoms with van der Waals surface area (Å²) in [6.45, 7) is 4.18. The van der Waals surface area contributed by atoms with Crippen LogP contribution in [0.15, 0.2) is 12.1 Å². The Morgan fingerprint density at radius 3 is 2.47 bits per heavy atom. The fourth-order valence-electron chi connectivity index (χ4n) is 2.28. The van der Waals surface area contributed by atoms with E-state index in [0.29, 0.717) is 6.04 Å². The zero-order valence-electron chi connectivity index (χ0n) is 9.64. The van der Waals surface area contributed by atoms with E-state index in [4.69, 9.17) is 5.73 Å². The fraction of sp³-hybridized carbons (Fsp3) is 0.538. The van der Waals surface area contributed by atoms with Crippen LogP contribution in [0.5, 0.6) is 0 Å². The first-order chi connectivity index (χ1) is 7.16. The Bertz CT molecular complexity index is 352. The number of hydrogen-bond donors (Lipinski definition) is 2. The van der Waals surface area contributed by atoms with E-state index < -0.39 is 0 Å². The third-order valence-electron chi connectivity index (χ3n) is 3.33. The smallest absolute Gasteiger partial charge is 0.0376 e. The van der Waals surface area contributed by atoms with E-state index >= 15 is 0 Å². The van der Waals surface area contributed by atoms with Gasteiger partial charge in [-0.1, -0.05) is 12.8 Å². The van der Waals surface area contributed by atoms with Gasteiger partial charge in [-0.2, -0.15) is 0 Å². The largest absolute Gasteiger partial charge is 0.399 e. The number of nitrogens with two attached hydrogens (primary N) is 1. The van der Waals surface area contributed by atoms with Gasteiger partial charge >= 0.3 is 0 Å². The van der Waals surface area contributed by atoms with Crippen molar-refractivity contribution in [3.63, 3.8) is 0 Å². The van der Waals surface area contributed by atoms with Gasteiger partial charge in [-0.3, -0.25) is 0 Å². The Morgan fingerprint density at radius 1 is 1.13 bits per heavy atom. The molecule has 1 aromatic rings. The highest BCUT2D eigenvalue weighted by Crippen LogP contribution is 2.27. The average molecular weight is 204 g/mol. The van der Waals surface area contributed by atoms with Crippen molar-refractivity contribution in [1.82, 2.24) is 0 Å². The number of nitrogens with one attached hydrogen (secondary N) is 1. The van der Waals surface area contributed by atoms with E-state index in [1.165, 1.54) is 42.5 Å². The minimum atomic E-state index is 0.673. The molecule has 3 N–H and O–H groups in total. The normalized spacial score (nSPS) is 16.9. The molecule has 0 amide bonds. The minimum Gasteiger partial charge on any atom is -0.399 e. The lowest BCUT2D eigenvalue weighted by Gasteiger charge is -2.17. The summed E-state index contributed by atoms with van der Waals surface area (Å²) in [5.74, 6) is 0. The first-order valence-corrected chi connectivity index (χ1v) is 5.80. The van der Waals surface area contributed by atoms with Crippen molar-refractivity contribution in [1.29, 1.82) is 0 Å². The predicted octanol–water partition coefficient (Wildman–Crippen LogP) is 3.24. The summed E-state index contributed by atoms with van der Waals surface area (Å²) in [7, 11) is 0. The van der Waals surface area contributed by atoms with E-state index in [2.05, 4.69) is 31.3 Å². The second-order valence-electron chi connectivity index (χ2n) is 4.65.